The van der Waals surface area contributed by atoms with Crippen LogP contribution in [-0.4, -0.2) is 82.8 Å². The lowest BCUT2D eigenvalue weighted by Crippen LogP contribution is -2.52. The number of thiophene rings is 1. The number of hydrogen-bond acceptors (Lipinski definition) is 8. The van der Waals surface area contributed by atoms with Gasteiger partial charge < -0.3 is 24.5 Å². The number of halogens is 1. The zero-order chi connectivity index (χ0) is 37.9. The third kappa shape index (κ3) is 8.65. The first-order valence-electron chi connectivity index (χ1n) is 19.3. The predicted molar refractivity (Wildman–Crippen MR) is 220 cm³/mol. The highest BCUT2D eigenvalue weighted by Gasteiger charge is 2.39. The maximum Gasteiger partial charge on any atom is 0.255 e. The fourth-order valence-corrected chi connectivity index (χ4v) is 9.42. The van der Waals surface area contributed by atoms with Crippen LogP contribution in [-0.2, 0) is 29.0 Å². The Morgan fingerprint density at radius 3 is 2.25 bits per heavy atom. The van der Waals surface area contributed by atoms with Crippen molar-refractivity contribution in [2.24, 2.45) is 0 Å². The molecule has 0 saturated carbocycles. The van der Waals surface area contributed by atoms with Gasteiger partial charge in [0.15, 0.2) is 5.75 Å². The molecular weight excluding hydrogens is 776 g/mol. The minimum absolute atomic E-state index is 0.116. The first-order chi connectivity index (χ1) is 26.8. The molecule has 0 spiro atoms. The van der Waals surface area contributed by atoms with Crippen molar-refractivity contribution in [1.29, 1.82) is 0 Å². The molecule has 1 unspecified atom stereocenters. The van der Waals surface area contributed by atoms with Gasteiger partial charge in [-0.2, -0.15) is 0 Å². The van der Waals surface area contributed by atoms with E-state index in [1.807, 2.05) is 30.3 Å². The number of carbonyl (C=O) groups excluding carboxylic acids is 3. The van der Waals surface area contributed by atoms with E-state index >= 15 is 0 Å². The highest BCUT2D eigenvalue weighted by molar-refractivity contribution is 9.10. The van der Waals surface area contributed by atoms with Crippen molar-refractivity contribution in [3.63, 3.8) is 0 Å². The average molecular weight is 822 g/mol. The smallest absolute Gasteiger partial charge is 0.255 e. The van der Waals surface area contributed by atoms with E-state index in [2.05, 4.69) is 73.5 Å². The number of nitrogens with one attached hydrogen (secondary N) is 1. The molecule has 4 aromatic carbocycles. The molecule has 2 saturated heterocycles. The molecular formula is C44H45BrN4O5S. The Balaban J connectivity index is 0.750. The number of benzene rings is 4. The van der Waals surface area contributed by atoms with E-state index in [4.69, 9.17) is 4.74 Å². The summed E-state index contributed by atoms with van der Waals surface area (Å²) in [6, 6.07) is 27.6. The highest BCUT2D eigenvalue weighted by Crippen LogP contribution is 2.47. The van der Waals surface area contributed by atoms with E-state index in [0.717, 1.165) is 113 Å². The predicted octanol–water partition coefficient (Wildman–Crippen LogP) is 8.16. The summed E-state index contributed by atoms with van der Waals surface area (Å²) >= 11 is 5.16. The van der Waals surface area contributed by atoms with E-state index in [1.54, 1.807) is 28.4 Å². The van der Waals surface area contributed by atoms with Crippen LogP contribution in [0.15, 0.2) is 89.4 Å². The molecule has 0 bridgehead atoms. The van der Waals surface area contributed by atoms with Crippen LogP contribution in [0.25, 0.3) is 20.5 Å². The van der Waals surface area contributed by atoms with Crippen LogP contribution in [0.3, 0.4) is 0 Å². The summed E-state index contributed by atoms with van der Waals surface area (Å²) in [7, 11) is 0. The number of carbonyl (C=O) groups is 3. The van der Waals surface area contributed by atoms with Gasteiger partial charge in [-0.05, 0) is 122 Å². The second kappa shape index (κ2) is 16.7. The van der Waals surface area contributed by atoms with Crippen molar-refractivity contribution in [2.45, 2.75) is 57.5 Å². The van der Waals surface area contributed by atoms with Crippen LogP contribution < -0.4 is 10.1 Å². The molecule has 4 heterocycles. The van der Waals surface area contributed by atoms with E-state index < -0.39 is 6.04 Å². The zero-order valence-electron chi connectivity index (χ0n) is 30.8. The monoisotopic (exact) mass is 820 g/mol. The fourth-order valence-electron chi connectivity index (χ4n) is 7.99. The van der Waals surface area contributed by atoms with Gasteiger partial charge in [0.2, 0.25) is 11.8 Å². The summed E-state index contributed by atoms with van der Waals surface area (Å²) in [6.45, 7) is 7.02. The van der Waals surface area contributed by atoms with Crippen LogP contribution in [0.5, 0.6) is 17.2 Å². The Labute approximate surface area is 334 Å². The van der Waals surface area contributed by atoms with Crippen LogP contribution in [0.2, 0.25) is 0 Å². The topological polar surface area (TPSA) is 102 Å². The van der Waals surface area contributed by atoms with Gasteiger partial charge in [-0.1, -0.05) is 52.3 Å². The number of hydrogen-bond donors (Lipinski definition) is 2. The molecule has 55 heavy (non-hydrogen) atoms. The number of phenolic OH excluding ortho intramolecular Hbond substituents is 1. The van der Waals surface area contributed by atoms with Crippen molar-refractivity contribution in [3.8, 4) is 27.7 Å². The second-order valence-corrected chi connectivity index (χ2v) is 16.8. The first-order valence-corrected chi connectivity index (χ1v) is 20.9. The molecule has 8 rings (SSSR count). The van der Waals surface area contributed by atoms with Gasteiger partial charge in [0.1, 0.15) is 17.5 Å². The largest absolute Gasteiger partial charge is 0.508 e. The summed E-state index contributed by atoms with van der Waals surface area (Å²) in [5.74, 6) is 1.11. The maximum atomic E-state index is 13.0. The summed E-state index contributed by atoms with van der Waals surface area (Å²) in [5, 5.41) is 13.5. The molecule has 0 radical (unpaired) electrons. The van der Waals surface area contributed by atoms with Crippen LogP contribution in [0, 0.1) is 0 Å². The third-order valence-corrected chi connectivity index (χ3v) is 12.8. The van der Waals surface area contributed by atoms with E-state index in [-0.39, 0.29) is 29.9 Å². The lowest BCUT2D eigenvalue weighted by atomic mass is 10.0. The van der Waals surface area contributed by atoms with Gasteiger partial charge in [-0.25, -0.2) is 0 Å². The Bertz CT molecular complexity index is 2200. The molecule has 9 nitrogen and oxygen atoms in total. The number of rotatable bonds is 13. The van der Waals surface area contributed by atoms with E-state index in [0.29, 0.717) is 18.5 Å². The fraction of sp³-hybridized carbons (Fsp3) is 0.341. The normalized spacial score (nSPS) is 17.9. The van der Waals surface area contributed by atoms with Gasteiger partial charge in [-0.15, -0.1) is 11.3 Å². The Kier molecular flexibility index (Phi) is 11.3. The Morgan fingerprint density at radius 2 is 1.51 bits per heavy atom. The van der Waals surface area contributed by atoms with Crippen molar-refractivity contribution in [1.82, 2.24) is 20.0 Å². The summed E-state index contributed by atoms with van der Waals surface area (Å²) in [5.41, 5.74) is 5.26. The summed E-state index contributed by atoms with van der Waals surface area (Å²) in [6.07, 6.45) is 5.99. The molecule has 1 aromatic heterocycles. The Hall–Kier alpha value is -4.55. The van der Waals surface area contributed by atoms with Gasteiger partial charge in [0.25, 0.3) is 5.91 Å². The van der Waals surface area contributed by atoms with E-state index in [9.17, 15) is 19.5 Å². The average Bonchev–Trinajstić information content (AvgIpc) is 3.70. The maximum absolute atomic E-state index is 13.0. The van der Waals surface area contributed by atoms with Crippen LogP contribution in [0.4, 0.5) is 0 Å². The van der Waals surface area contributed by atoms with E-state index in [1.165, 1.54) is 11.1 Å². The number of aryl methyl sites for hydroxylation is 2. The van der Waals surface area contributed by atoms with Crippen molar-refractivity contribution < 1.29 is 24.2 Å². The quantitative estimate of drug-likeness (QED) is 0.0914. The molecule has 1 atom stereocenters. The number of phenols is 1. The second-order valence-electron chi connectivity index (χ2n) is 14.8. The number of unbranched alkanes of at least 4 members (excludes halogenated alkanes) is 1. The molecule has 5 aromatic rings. The highest BCUT2D eigenvalue weighted by atomic mass is 79.9. The first kappa shape index (κ1) is 37.4. The Morgan fingerprint density at radius 1 is 0.800 bits per heavy atom. The lowest BCUT2D eigenvalue weighted by molar-refractivity contribution is -0.136. The molecule has 284 valence electrons. The molecule has 2 N–H and O–H groups in total. The van der Waals surface area contributed by atoms with Gasteiger partial charge in [-0.3, -0.25) is 19.7 Å². The standard InChI is InChI=1S/C44H45BrN4O5S/c45-33-11-9-31(10-12-33)42-41(37-17-13-34(50)27-39(37)55-42)54-35-14-6-29(7-15-35)5-3-21-48-24-22-47(23-25-48)20-2-1-4-30-8-16-36-32(26-30)28-49(44(36)53)38-18-19-40(51)46-43(38)52/h6-17,26-27,38,50H,1-5,18-25,28H2,(H,46,51,52). The van der Waals surface area contributed by atoms with Crippen molar-refractivity contribution in [3.05, 3.63) is 112 Å². The molecule has 2 fully saturated rings. The summed E-state index contributed by atoms with van der Waals surface area (Å²) in [4.78, 5) is 44.7. The third-order valence-electron chi connectivity index (χ3n) is 11.1. The van der Waals surface area contributed by atoms with Crippen molar-refractivity contribution >= 4 is 55.1 Å². The SMILES string of the molecule is O=C1CCC(N2Cc3cc(CCCCN4CCN(CCCc5ccc(Oc6c(-c7ccc(Br)cc7)sc7cc(O)ccc67)cc5)CC4)ccc3C2=O)C(=O)N1. The van der Waals surface area contributed by atoms with Crippen molar-refractivity contribution in [2.75, 3.05) is 39.3 Å². The molecule has 3 aliphatic heterocycles. The van der Waals surface area contributed by atoms with Gasteiger partial charge >= 0.3 is 0 Å². The number of nitrogens with zero attached hydrogens (tertiary/aromatic N) is 3. The van der Waals surface area contributed by atoms with Crippen LogP contribution >= 0.6 is 27.3 Å². The number of aromatic hydroxyl groups is 1. The number of piperazine rings is 1. The zero-order valence-corrected chi connectivity index (χ0v) is 33.2. The number of amides is 3. The van der Waals surface area contributed by atoms with Gasteiger partial charge in [0.05, 0.1) is 4.88 Å². The molecule has 0 aliphatic carbocycles. The number of piperidine rings is 1. The minimum atomic E-state index is -0.573. The lowest BCUT2D eigenvalue weighted by Gasteiger charge is -2.34. The van der Waals surface area contributed by atoms with Crippen LogP contribution in [0.1, 0.15) is 59.2 Å². The number of fused-ring (bicyclic) bond motifs is 2. The molecule has 3 amide bonds. The molecule has 3 aliphatic rings. The number of imide groups is 1. The summed E-state index contributed by atoms with van der Waals surface area (Å²) < 4.78 is 8.54. The van der Waals surface area contributed by atoms with Gasteiger partial charge in [0, 0.05) is 59.3 Å². The number of ether oxygens (including phenoxy) is 1. The molecule has 11 heteroatoms. The minimum Gasteiger partial charge on any atom is -0.508 e.